The first-order valence-electron chi connectivity index (χ1n) is 6.62. The van der Waals surface area contributed by atoms with Crippen LogP contribution in [0.2, 0.25) is 5.28 Å². The maximum absolute atomic E-state index is 2.81. The summed E-state index contributed by atoms with van der Waals surface area (Å²) in [4.78, 5) is 0. The van der Waals surface area contributed by atoms with E-state index in [2.05, 4.69) is 23.2 Å². The first kappa shape index (κ1) is 14.5. The van der Waals surface area contributed by atoms with Crippen LogP contribution in [0.1, 0.15) is 77.6 Å². The van der Waals surface area contributed by atoms with Crippen molar-refractivity contribution < 1.29 is 0 Å². The van der Waals surface area contributed by atoms with Crippen LogP contribution in [0.15, 0.2) is 0 Å². The minimum Gasteiger partial charge on any atom is -0.118 e. The van der Waals surface area contributed by atoms with Gasteiger partial charge < -0.3 is 0 Å². The Labute approximate surface area is 99.3 Å². The van der Waals surface area contributed by atoms with E-state index < -0.39 is 0 Å². The quantitative estimate of drug-likeness (QED) is 0.336. The summed E-state index contributed by atoms with van der Waals surface area (Å²) in [6.07, 6.45) is 16.0. The van der Waals surface area contributed by atoms with E-state index >= 15 is 0 Å². The van der Waals surface area contributed by atoms with E-state index in [9.17, 15) is 0 Å². The van der Waals surface area contributed by atoms with Gasteiger partial charge in [-0.05, 0) is 0 Å². The lowest BCUT2D eigenvalue weighted by molar-refractivity contribution is 0.554. The summed E-state index contributed by atoms with van der Waals surface area (Å²) >= 11 is 2.81. The van der Waals surface area contributed by atoms with Crippen molar-refractivity contribution in [3.63, 3.8) is 0 Å². The molecule has 0 aliphatic heterocycles. The SMILES string of the molecule is CCCCCCCCCCCC[CH2][Al]. The number of hydrogen-bond donors (Lipinski definition) is 0. The molecule has 0 rings (SSSR count). The molecule has 0 aromatic carbocycles. The van der Waals surface area contributed by atoms with Gasteiger partial charge in [0.25, 0.3) is 0 Å². The summed E-state index contributed by atoms with van der Waals surface area (Å²) in [5.41, 5.74) is 0. The van der Waals surface area contributed by atoms with E-state index in [-0.39, 0.29) is 0 Å². The fourth-order valence-corrected chi connectivity index (χ4v) is 2.10. The summed E-state index contributed by atoms with van der Waals surface area (Å²) in [6.45, 7) is 2.28. The molecule has 2 radical (unpaired) electrons. The zero-order valence-electron chi connectivity index (χ0n) is 10.1. The minimum atomic E-state index is 1.29. The summed E-state index contributed by atoms with van der Waals surface area (Å²) in [6, 6.07) is 0. The minimum absolute atomic E-state index is 1.29. The van der Waals surface area contributed by atoms with Crippen LogP contribution in [0.25, 0.3) is 0 Å². The van der Waals surface area contributed by atoms with E-state index in [0.717, 1.165) is 0 Å². The highest BCUT2D eigenvalue weighted by molar-refractivity contribution is 6.08. The molecule has 0 aromatic heterocycles. The smallest absolute Gasteiger partial charge is 0.118 e. The molecule has 0 N–H and O–H groups in total. The van der Waals surface area contributed by atoms with Gasteiger partial charge in [0.05, 0.1) is 0 Å². The van der Waals surface area contributed by atoms with Gasteiger partial charge in [-0.3, -0.25) is 0 Å². The molecule has 0 aliphatic carbocycles. The van der Waals surface area contributed by atoms with Crippen molar-refractivity contribution >= 4 is 16.3 Å². The van der Waals surface area contributed by atoms with E-state index in [0.29, 0.717) is 0 Å². The molecule has 0 saturated heterocycles. The van der Waals surface area contributed by atoms with Crippen LogP contribution < -0.4 is 0 Å². The summed E-state index contributed by atoms with van der Waals surface area (Å²) in [5.74, 6) is 0. The van der Waals surface area contributed by atoms with Crippen LogP contribution in [-0.4, -0.2) is 16.3 Å². The van der Waals surface area contributed by atoms with Gasteiger partial charge in [-0.1, -0.05) is 77.6 Å². The summed E-state index contributed by atoms with van der Waals surface area (Å²) < 4.78 is 0. The predicted octanol–water partition coefficient (Wildman–Crippen LogP) is 4.88. The van der Waals surface area contributed by atoms with Crippen molar-refractivity contribution in [1.29, 1.82) is 0 Å². The first-order chi connectivity index (χ1) is 6.91. The molecule has 0 atom stereocenters. The Bertz CT molecular complexity index is 79.2. The lowest BCUT2D eigenvalue weighted by Crippen LogP contribution is -1.81. The van der Waals surface area contributed by atoms with E-state index in [1.807, 2.05) is 0 Å². The van der Waals surface area contributed by atoms with Crippen LogP contribution in [0, 0.1) is 0 Å². The molecule has 0 fully saturated rings. The second kappa shape index (κ2) is 13.5. The lowest BCUT2D eigenvalue weighted by atomic mass is 10.1. The summed E-state index contributed by atoms with van der Waals surface area (Å²) in [5, 5.41) is 1.29. The third-order valence-electron chi connectivity index (χ3n) is 2.81. The topological polar surface area (TPSA) is 0 Å². The molecule has 0 spiro atoms. The van der Waals surface area contributed by atoms with E-state index in [1.165, 1.54) is 75.9 Å². The average molecular weight is 210 g/mol. The third kappa shape index (κ3) is 12.5. The molecule has 82 valence electrons. The van der Waals surface area contributed by atoms with Gasteiger partial charge in [-0.15, -0.1) is 5.28 Å². The monoisotopic (exact) mass is 210 g/mol. The fourth-order valence-electron chi connectivity index (χ4n) is 1.81. The molecular formula is C13H27Al. The molecular weight excluding hydrogens is 183 g/mol. The van der Waals surface area contributed by atoms with E-state index in [4.69, 9.17) is 0 Å². The van der Waals surface area contributed by atoms with Crippen LogP contribution in [0.5, 0.6) is 0 Å². The molecule has 0 unspecified atom stereocenters. The van der Waals surface area contributed by atoms with Gasteiger partial charge in [-0.25, -0.2) is 0 Å². The standard InChI is InChI=1S/C13H27.Al/c1-3-5-7-9-11-13-12-10-8-6-4-2;/h1,3-13H2,2H3;. The van der Waals surface area contributed by atoms with E-state index in [1.54, 1.807) is 0 Å². The Morgan fingerprint density at radius 3 is 1.29 bits per heavy atom. The average Bonchev–Trinajstić information content (AvgIpc) is 2.21. The number of rotatable bonds is 11. The van der Waals surface area contributed by atoms with Crippen molar-refractivity contribution in [2.45, 2.75) is 82.8 Å². The van der Waals surface area contributed by atoms with Gasteiger partial charge in [0.15, 0.2) is 0 Å². The summed E-state index contributed by atoms with van der Waals surface area (Å²) in [7, 11) is 0. The van der Waals surface area contributed by atoms with Gasteiger partial charge in [0.1, 0.15) is 16.3 Å². The normalized spacial score (nSPS) is 10.6. The highest BCUT2D eigenvalue weighted by atomic mass is 27.0. The van der Waals surface area contributed by atoms with Gasteiger partial charge in [0.2, 0.25) is 0 Å². The van der Waals surface area contributed by atoms with Gasteiger partial charge >= 0.3 is 0 Å². The molecule has 1 heteroatoms. The molecule has 14 heavy (non-hydrogen) atoms. The Hall–Kier alpha value is 0.532. The zero-order valence-corrected chi connectivity index (χ0v) is 11.2. The maximum Gasteiger partial charge on any atom is 0.118 e. The molecule has 0 nitrogen and oxygen atoms in total. The van der Waals surface area contributed by atoms with Crippen molar-refractivity contribution in [3.05, 3.63) is 0 Å². The Balaban J connectivity index is 2.78. The first-order valence-corrected chi connectivity index (χ1v) is 7.43. The van der Waals surface area contributed by atoms with Crippen molar-refractivity contribution in [1.82, 2.24) is 0 Å². The van der Waals surface area contributed by atoms with Crippen molar-refractivity contribution in [2.24, 2.45) is 0 Å². The third-order valence-corrected chi connectivity index (χ3v) is 3.22. The molecule has 0 aliphatic rings. The molecule has 0 amide bonds. The van der Waals surface area contributed by atoms with Crippen molar-refractivity contribution in [2.75, 3.05) is 0 Å². The van der Waals surface area contributed by atoms with Crippen LogP contribution in [0.3, 0.4) is 0 Å². The van der Waals surface area contributed by atoms with Crippen LogP contribution >= 0.6 is 0 Å². The molecule has 0 heterocycles. The van der Waals surface area contributed by atoms with Crippen LogP contribution in [0.4, 0.5) is 0 Å². The maximum atomic E-state index is 2.81. The Morgan fingerprint density at radius 2 is 0.929 bits per heavy atom. The Kier molecular flexibility index (Phi) is 14.0. The van der Waals surface area contributed by atoms with Crippen LogP contribution in [-0.2, 0) is 0 Å². The molecule has 0 aromatic rings. The fraction of sp³-hybridized carbons (Fsp3) is 1.00. The zero-order chi connectivity index (χ0) is 10.5. The molecule has 0 saturated carbocycles. The number of unbranched alkanes of at least 4 members (excludes halogenated alkanes) is 10. The molecule has 0 bridgehead atoms. The lowest BCUT2D eigenvalue weighted by Gasteiger charge is -2.01. The number of hydrogen-bond acceptors (Lipinski definition) is 0. The second-order valence-corrected chi connectivity index (χ2v) is 4.90. The van der Waals surface area contributed by atoms with Gasteiger partial charge in [0, 0.05) is 0 Å². The van der Waals surface area contributed by atoms with Gasteiger partial charge in [-0.2, -0.15) is 0 Å². The Morgan fingerprint density at radius 1 is 0.571 bits per heavy atom. The van der Waals surface area contributed by atoms with Crippen molar-refractivity contribution in [3.8, 4) is 0 Å². The largest absolute Gasteiger partial charge is 0.118 e. The highest BCUT2D eigenvalue weighted by Gasteiger charge is 1.91. The second-order valence-electron chi connectivity index (χ2n) is 4.32. The predicted molar refractivity (Wildman–Crippen MR) is 67.0 cm³/mol. The highest BCUT2D eigenvalue weighted by Crippen LogP contribution is 2.11.